The Bertz CT molecular complexity index is 1520. The van der Waals surface area contributed by atoms with Crippen LogP contribution < -0.4 is 13.8 Å². The number of hydrogen-bond donors (Lipinski definition) is 0. The fraction of sp³-hybridized carbons (Fsp3) is 0.0968. The van der Waals surface area contributed by atoms with E-state index in [0.717, 1.165) is 11.1 Å². The molecule has 200 valence electrons. The maximum absolute atomic E-state index is 6.78. The molecule has 1 aliphatic rings. The first-order chi connectivity index (χ1) is 19.6. The number of ether oxygens (including phenoxy) is 1. The molecule has 0 fully saturated rings. The van der Waals surface area contributed by atoms with Crippen LogP contribution in [-0.2, 0) is 5.41 Å². The molecule has 7 nitrogen and oxygen atoms in total. The van der Waals surface area contributed by atoms with Gasteiger partial charge in [-0.05, 0) is 60.7 Å². The van der Waals surface area contributed by atoms with Crippen LogP contribution >= 0.6 is 16.9 Å². The van der Waals surface area contributed by atoms with Crippen LogP contribution in [0, 0.1) is 0 Å². The molecule has 6 aromatic rings. The van der Waals surface area contributed by atoms with Crippen LogP contribution in [0.3, 0.4) is 0 Å². The molecular formula is C31H28N4O3P2. The van der Waals surface area contributed by atoms with Gasteiger partial charge in [0.2, 0.25) is 0 Å². The van der Waals surface area contributed by atoms with Crippen LogP contribution in [0.15, 0.2) is 135 Å². The molecule has 40 heavy (non-hydrogen) atoms. The Hall–Kier alpha value is -4.18. The van der Waals surface area contributed by atoms with E-state index >= 15 is 0 Å². The number of para-hydroxylation sites is 2. The molecule has 7 rings (SSSR count). The summed E-state index contributed by atoms with van der Waals surface area (Å²) in [6.45, 7) is 4.45. The number of nitrogens with zero attached hydrogens (tertiary/aromatic N) is 4. The first-order valence-electron chi connectivity index (χ1n) is 13.0. The Labute approximate surface area is 235 Å². The van der Waals surface area contributed by atoms with Crippen molar-refractivity contribution in [3.05, 3.63) is 146 Å². The second-order valence-corrected chi connectivity index (χ2v) is 13.2. The van der Waals surface area contributed by atoms with Gasteiger partial charge in [0.25, 0.3) is 0 Å². The normalized spacial score (nSPS) is 13.6. The fourth-order valence-electron chi connectivity index (χ4n) is 4.98. The van der Waals surface area contributed by atoms with Crippen LogP contribution in [0.2, 0.25) is 0 Å². The summed E-state index contributed by atoms with van der Waals surface area (Å²) in [6.07, 6.45) is 16.2. The predicted octanol–water partition coefficient (Wildman–Crippen LogP) is 8.73. The quantitative estimate of drug-likeness (QED) is 0.173. The van der Waals surface area contributed by atoms with Gasteiger partial charge in [0.1, 0.15) is 0 Å². The van der Waals surface area contributed by atoms with E-state index in [0.29, 0.717) is 23.0 Å². The first kappa shape index (κ1) is 24.8. The van der Waals surface area contributed by atoms with Crippen molar-refractivity contribution in [2.75, 3.05) is 0 Å². The van der Waals surface area contributed by atoms with Gasteiger partial charge in [0, 0.05) is 66.1 Å². The third kappa shape index (κ3) is 4.32. The van der Waals surface area contributed by atoms with E-state index in [1.807, 2.05) is 122 Å². The van der Waals surface area contributed by atoms with E-state index in [4.69, 9.17) is 13.8 Å². The topological polar surface area (TPSA) is 47.4 Å². The van der Waals surface area contributed by atoms with Crippen molar-refractivity contribution in [3.63, 3.8) is 0 Å². The molecule has 9 heteroatoms. The summed E-state index contributed by atoms with van der Waals surface area (Å²) in [5.74, 6) is 2.82. The predicted molar refractivity (Wildman–Crippen MR) is 160 cm³/mol. The molecule has 0 saturated heterocycles. The molecule has 0 radical (unpaired) electrons. The zero-order chi connectivity index (χ0) is 27.1. The molecule has 0 amide bonds. The number of rotatable bonds is 8. The van der Waals surface area contributed by atoms with Crippen molar-refractivity contribution >= 4 is 16.9 Å². The monoisotopic (exact) mass is 566 g/mol. The molecule has 5 heterocycles. The molecule has 0 N–H and O–H groups in total. The molecular weight excluding hydrogens is 538 g/mol. The number of hydrogen-bond acceptors (Lipinski definition) is 3. The first-order valence-corrected chi connectivity index (χ1v) is 15.4. The Morgan fingerprint density at radius 3 is 1.15 bits per heavy atom. The molecule has 2 aromatic carbocycles. The van der Waals surface area contributed by atoms with Crippen molar-refractivity contribution in [1.29, 1.82) is 0 Å². The van der Waals surface area contributed by atoms with Gasteiger partial charge in [-0.1, -0.05) is 38.1 Å². The van der Waals surface area contributed by atoms with E-state index in [9.17, 15) is 0 Å². The van der Waals surface area contributed by atoms with Gasteiger partial charge in [-0.3, -0.25) is 17.4 Å². The van der Waals surface area contributed by atoms with Crippen molar-refractivity contribution in [3.8, 4) is 23.0 Å². The summed E-state index contributed by atoms with van der Waals surface area (Å²) in [4.78, 5) is 0. The molecule has 0 atom stereocenters. The summed E-state index contributed by atoms with van der Waals surface area (Å²) in [7, 11) is -2.44. The largest absolute Gasteiger partial charge is 0.449 e. The summed E-state index contributed by atoms with van der Waals surface area (Å²) >= 11 is 0. The van der Waals surface area contributed by atoms with Crippen molar-refractivity contribution in [1.82, 2.24) is 17.4 Å². The lowest BCUT2D eigenvalue weighted by molar-refractivity contribution is 0.385. The molecule has 0 spiro atoms. The third-order valence-electron chi connectivity index (χ3n) is 7.01. The minimum absolute atomic E-state index is 0.338. The average Bonchev–Trinajstić information content (AvgIpc) is 3.79. The second-order valence-electron chi connectivity index (χ2n) is 9.93. The summed E-state index contributed by atoms with van der Waals surface area (Å²) in [5.41, 5.74) is 1.81. The van der Waals surface area contributed by atoms with Crippen LogP contribution in [-0.4, -0.2) is 17.4 Å². The molecule has 0 bridgehead atoms. The van der Waals surface area contributed by atoms with E-state index < -0.39 is 16.9 Å². The van der Waals surface area contributed by atoms with Gasteiger partial charge >= 0.3 is 16.9 Å². The Morgan fingerprint density at radius 2 is 0.825 bits per heavy atom. The van der Waals surface area contributed by atoms with E-state index in [1.165, 1.54) is 0 Å². The van der Waals surface area contributed by atoms with E-state index in [-0.39, 0.29) is 5.41 Å². The summed E-state index contributed by atoms with van der Waals surface area (Å²) in [5, 5.41) is 0. The van der Waals surface area contributed by atoms with Crippen LogP contribution in [0.1, 0.15) is 25.0 Å². The van der Waals surface area contributed by atoms with Crippen molar-refractivity contribution in [2.24, 2.45) is 0 Å². The zero-order valence-corrected chi connectivity index (χ0v) is 23.9. The van der Waals surface area contributed by atoms with E-state index in [1.54, 1.807) is 0 Å². The zero-order valence-electron chi connectivity index (χ0n) is 22.1. The van der Waals surface area contributed by atoms with Gasteiger partial charge in [0.15, 0.2) is 23.0 Å². The van der Waals surface area contributed by atoms with Crippen molar-refractivity contribution < 1.29 is 13.8 Å². The standard InChI is InChI=1S/C31H28N4O3P2/c1-31(2)25-13-11-15-27(37-39(32-17-3-4-18-32)33-19-5-6-20-33)29(25)36-30-26(31)14-12-16-28(30)38-40(34-21-7-8-22-34)35-23-9-10-24-35/h3-24H,1-2H3. The molecule has 4 aromatic heterocycles. The molecule has 1 aliphatic heterocycles. The van der Waals surface area contributed by atoms with Crippen LogP contribution in [0.25, 0.3) is 0 Å². The lowest BCUT2D eigenvalue weighted by atomic mass is 9.75. The molecule has 0 aliphatic carbocycles. The highest BCUT2D eigenvalue weighted by atomic mass is 31.2. The lowest BCUT2D eigenvalue weighted by Crippen LogP contribution is -2.25. The number of benzene rings is 2. The molecule has 0 unspecified atom stereocenters. The van der Waals surface area contributed by atoms with Gasteiger partial charge in [-0.2, -0.15) is 0 Å². The van der Waals surface area contributed by atoms with Crippen molar-refractivity contribution in [2.45, 2.75) is 19.3 Å². The highest BCUT2D eigenvalue weighted by Gasteiger charge is 2.38. The summed E-state index contributed by atoms with van der Waals surface area (Å²) < 4.78 is 28.7. The maximum Gasteiger partial charge on any atom is 0.317 e. The highest BCUT2D eigenvalue weighted by molar-refractivity contribution is 7.49. The Kier molecular flexibility index (Phi) is 6.27. The third-order valence-corrected chi connectivity index (χ3v) is 10.4. The Balaban J connectivity index is 1.30. The average molecular weight is 567 g/mol. The maximum atomic E-state index is 6.78. The van der Waals surface area contributed by atoms with Crippen LogP contribution in [0.4, 0.5) is 0 Å². The SMILES string of the molecule is CC1(C)c2cccc(OP(n3cccc3)n3cccc3)c2Oc2c(OP(n3cccc3)n3cccc3)cccc21. The smallest absolute Gasteiger partial charge is 0.317 e. The van der Waals surface area contributed by atoms with E-state index in [2.05, 4.69) is 43.3 Å². The highest BCUT2D eigenvalue weighted by Crippen LogP contribution is 2.57. The van der Waals surface area contributed by atoms with Gasteiger partial charge in [-0.25, -0.2) is 0 Å². The molecule has 0 saturated carbocycles. The number of fused-ring (bicyclic) bond motifs is 2. The minimum Gasteiger partial charge on any atom is -0.449 e. The summed E-state index contributed by atoms with van der Waals surface area (Å²) in [6, 6.07) is 28.4. The minimum atomic E-state index is -1.22. The second kappa shape index (κ2) is 10.1. The van der Waals surface area contributed by atoms with Crippen LogP contribution in [0.5, 0.6) is 23.0 Å². The Morgan fingerprint density at radius 1 is 0.500 bits per heavy atom. The lowest BCUT2D eigenvalue weighted by Gasteiger charge is -2.36. The fourth-order valence-corrected chi connectivity index (χ4v) is 8.00. The number of aromatic nitrogens is 4. The van der Waals surface area contributed by atoms with Gasteiger partial charge in [0.05, 0.1) is 0 Å². The van der Waals surface area contributed by atoms with Gasteiger partial charge in [-0.15, -0.1) is 0 Å². The van der Waals surface area contributed by atoms with Gasteiger partial charge < -0.3 is 13.8 Å².